The number of fused-ring (bicyclic) bond motifs is 1. The first-order valence-corrected chi connectivity index (χ1v) is 11.8. The molecule has 0 saturated heterocycles. The first-order chi connectivity index (χ1) is 17.5. The van der Waals surface area contributed by atoms with Crippen LogP contribution in [0.5, 0.6) is 5.75 Å². The van der Waals surface area contributed by atoms with E-state index >= 15 is 0 Å². The van der Waals surface area contributed by atoms with Gasteiger partial charge in [0.2, 0.25) is 5.43 Å². The van der Waals surface area contributed by atoms with Crippen LogP contribution in [0.2, 0.25) is 0 Å². The number of carbonyl (C=O) groups is 2. The molecular weight excluding hydrogens is 478 g/mol. The molecule has 1 atom stereocenters. The highest BCUT2D eigenvalue weighted by Crippen LogP contribution is 2.31. The van der Waals surface area contributed by atoms with Crippen molar-refractivity contribution in [2.75, 3.05) is 13.2 Å². The molecule has 0 bridgehead atoms. The van der Waals surface area contributed by atoms with Gasteiger partial charge in [0.25, 0.3) is 0 Å². The summed E-state index contributed by atoms with van der Waals surface area (Å²) in [5, 5.41) is 29.3. The number of carboxylic acid groups (broad SMARTS) is 2. The normalized spacial score (nSPS) is 12.0. The van der Waals surface area contributed by atoms with Crippen LogP contribution in [0.4, 0.5) is 0 Å². The molecule has 0 aliphatic carbocycles. The number of nitrogens with one attached hydrogen (secondary N) is 1. The van der Waals surface area contributed by atoms with E-state index in [0.29, 0.717) is 52.8 Å². The van der Waals surface area contributed by atoms with Crippen molar-refractivity contribution in [3.63, 3.8) is 0 Å². The van der Waals surface area contributed by atoms with Gasteiger partial charge in [-0.2, -0.15) is 0 Å². The lowest BCUT2D eigenvalue weighted by molar-refractivity contribution is -0.134. The molecule has 37 heavy (non-hydrogen) atoms. The Kier molecular flexibility index (Phi) is 11.0. The summed E-state index contributed by atoms with van der Waals surface area (Å²) in [5.41, 5.74) is 1.91. The zero-order chi connectivity index (χ0) is 27.5. The van der Waals surface area contributed by atoms with Crippen LogP contribution < -0.4 is 15.5 Å². The summed E-state index contributed by atoms with van der Waals surface area (Å²) in [7, 11) is 0. The average Bonchev–Trinajstić information content (AvgIpc) is 2.85. The molecule has 0 aliphatic rings. The molecule has 0 spiro atoms. The van der Waals surface area contributed by atoms with Gasteiger partial charge in [-0.25, -0.2) is 9.59 Å². The summed E-state index contributed by atoms with van der Waals surface area (Å²) in [6, 6.07) is 15.1. The maximum Gasteiger partial charge on any atom is 0.328 e. The van der Waals surface area contributed by atoms with Gasteiger partial charge in [0.1, 0.15) is 29.8 Å². The fourth-order valence-electron chi connectivity index (χ4n) is 3.33. The second kappa shape index (κ2) is 14.0. The first-order valence-electron chi connectivity index (χ1n) is 11.8. The van der Waals surface area contributed by atoms with E-state index in [4.69, 9.17) is 19.4 Å². The summed E-state index contributed by atoms with van der Waals surface area (Å²) in [4.78, 5) is 32.3. The minimum absolute atomic E-state index is 0.0473. The largest absolute Gasteiger partial charge is 0.491 e. The van der Waals surface area contributed by atoms with Crippen molar-refractivity contribution < 1.29 is 34.1 Å². The van der Waals surface area contributed by atoms with Crippen LogP contribution in [-0.2, 0) is 9.59 Å². The number of aliphatic carboxylic acids is 2. The Labute approximate surface area is 215 Å². The summed E-state index contributed by atoms with van der Waals surface area (Å²) in [6.45, 7) is 8.68. The zero-order valence-electron chi connectivity index (χ0n) is 21.3. The highest BCUT2D eigenvalue weighted by molar-refractivity contribution is 5.89. The quantitative estimate of drug-likeness (QED) is 0.296. The molecule has 0 aliphatic heterocycles. The van der Waals surface area contributed by atoms with Crippen molar-refractivity contribution in [1.29, 1.82) is 0 Å². The molecule has 3 aromatic rings. The van der Waals surface area contributed by atoms with E-state index in [0.717, 1.165) is 5.56 Å². The number of aliphatic hydroxyl groups is 1. The van der Waals surface area contributed by atoms with Crippen molar-refractivity contribution in [2.24, 2.45) is 0 Å². The molecule has 198 valence electrons. The van der Waals surface area contributed by atoms with E-state index in [9.17, 15) is 19.5 Å². The Morgan fingerprint density at radius 2 is 1.62 bits per heavy atom. The Bertz CT molecular complexity index is 1260. The maximum atomic E-state index is 13.2. The smallest absolute Gasteiger partial charge is 0.328 e. The third-order valence-electron chi connectivity index (χ3n) is 5.05. The fourth-order valence-corrected chi connectivity index (χ4v) is 3.33. The molecule has 0 radical (unpaired) electrons. The molecule has 2 aromatic carbocycles. The van der Waals surface area contributed by atoms with E-state index in [1.807, 2.05) is 58.0 Å². The van der Waals surface area contributed by atoms with E-state index in [-0.39, 0.29) is 18.0 Å². The van der Waals surface area contributed by atoms with Gasteiger partial charge >= 0.3 is 11.9 Å². The van der Waals surface area contributed by atoms with Crippen LogP contribution in [0.3, 0.4) is 0 Å². The summed E-state index contributed by atoms with van der Waals surface area (Å²) >= 11 is 0. The van der Waals surface area contributed by atoms with E-state index in [1.165, 1.54) is 0 Å². The van der Waals surface area contributed by atoms with Crippen LogP contribution in [-0.4, -0.2) is 52.6 Å². The van der Waals surface area contributed by atoms with Crippen LogP contribution >= 0.6 is 0 Å². The molecule has 1 unspecified atom stereocenters. The highest BCUT2D eigenvalue weighted by Gasteiger charge is 2.19. The average molecular weight is 512 g/mol. The monoisotopic (exact) mass is 511 g/mol. The number of ether oxygens (including phenoxy) is 1. The fraction of sp³-hybridized carbons (Fsp3) is 0.321. The number of benzene rings is 2. The molecule has 0 saturated carbocycles. The predicted octanol–water partition coefficient (Wildman–Crippen LogP) is 4.03. The Morgan fingerprint density at radius 3 is 2.16 bits per heavy atom. The molecular formula is C28H33NO8. The number of aliphatic hydroxyl groups excluding tert-OH is 1. The van der Waals surface area contributed by atoms with Gasteiger partial charge in [0, 0.05) is 36.7 Å². The lowest BCUT2D eigenvalue weighted by Gasteiger charge is -2.16. The van der Waals surface area contributed by atoms with Crippen molar-refractivity contribution in [1.82, 2.24) is 5.32 Å². The Morgan fingerprint density at radius 1 is 1.00 bits per heavy atom. The first kappa shape index (κ1) is 29.3. The summed E-state index contributed by atoms with van der Waals surface area (Å²) in [6.07, 6.45) is 0.497. The van der Waals surface area contributed by atoms with Gasteiger partial charge in [0.05, 0.1) is 10.9 Å². The van der Waals surface area contributed by atoms with E-state index < -0.39 is 18.0 Å². The minimum Gasteiger partial charge on any atom is -0.491 e. The summed E-state index contributed by atoms with van der Waals surface area (Å²) in [5.74, 6) is -1.24. The van der Waals surface area contributed by atoms with Crippen LogP contribution in [0.25, 0.3) is 22.1 Å². The molecule has 9 nitrogen and oxygen atoms in total. The Balaban J connectivity index is 0.000000521. The Hall–Kier alpha value is -3.95. The van der Waals surface area contributed by atoms with Gasteiger partial charge in [-0.1, -0.05) is 58.0 Å². The third-order valence-corrected chi connectivity index (χ3v) is 5.05. The molecule has 0 fully saturated rings. The second-order valence-corrected chi connectivity index (χ2v) is 8.89. The number of hydrogen-bond acceptors (Lipinski definition) is 7. The molecule has 4 N–H and O–H groups in total. The highest BCUT2D eigenvalue weighted by atomic mass is 16.5. The zero-order valence-corrected chi connectivity index (χ0v) is 21.3. The van der Waals surface area contributed by atoms with Crippen LogP contribution in [0.1, 0.15) is 39.4 Å². The van der Waals surface area contributed by atoms with Gasteiger partial charge in [-0.3, -0.25) is 4.79 Å². The SMILES string of the molecule is CC(C)NCC(O)COc1ccc2c(=O)c(-c3ccccc3)c(C(C)C)oc2c1.O=C(O)C=CC(=O)O. The van der Waals surface area contributed by atoms with Crippen LogP contribution in [0.15, 0.2) is 69.9 Å². The lowest BCUT2D eigenvalue weighted by Crippen LogP contribution is -2.35. The maximum absolute atomic E-state index is 13.2. The topological polar surface area (TPSA) is 146 Å². The molecule has 0 amide bonds. The van der Waals surface area contributed by atoms with Gasteiger partial charge in [-0.05, 0) is 17.7 Å². The second-order valence-electron chi connectivity index (χ2n) is 8.89. The molecule has 3 rings (SSSR count). The summed E-state index contributed by atoms with van der Waals surface area (Å²) < 4.78 is 11.9. The van der Waals surface area contributed by atoms with Crippen molar-refractivity contribution in [2.45, 2.75) is 45.8 Å². The molecule has 9 heteroatoms. The van der Waals surface area contributed by atoms with Crippen LogP contribution in [0, 0.1) is 0 Å². The minimum atomic E-state index is -1.26. The van der Waals surface area contributed by atoms with Gasteiger partial charge in [0.15, 0.2) is 0 Å². The number of rotatable bonds is 10. The standard InChI is InChI=1S/C24H29NO4.C4H4O4/c1-15(2)24-22(17-8-6-5-7-9-17)23(27)20-11-10-19(12-21(20)29-24)28-14-18(26)13-25-16(3)4;5-3(6)1-2-4(7)8/h5-12,15-16,18,25-26H,13-14H2,1-4H3;1-2H,(H,5,6)(H,7,8). The molecule has 1 aromatic heterocycles. The van der Waals surface area contributed by atoms with E-state index in [2.05, 4.69) is 5.32 Å². The van der Waals surface area contributed by atoms with Gasteiger partial charge < -0.3 is 29.8 Å². The van der Waals surface area contributed by atoms with Gasteiger partial charge in [-0.15, -0.1) is 0 Å². The van der Waals surface area contributed by atoms with E-state index in [1.54, 1.807) is 18.2 Å². The number of carboxylic acids is 2. The molecule has 1 heterocycles. The number of hydrogen-bond donors (Lipinski definition) is 4. The van der Waals surface area contributed by atoms with Crippen molar-refractivity contribution in [3.05, 3.63) is 76.7 Å². The van der Waals surface area contributed by atoms with Crippen molar-refractivity contribution >= 4 is 22.9 Å². The predicted molar refractivity (Wildman–Crippen MR) is 141 cm³/mol. The van der Waals surface area contributed by atoms with Crippen molar-refractivity contribution in [3.8, 4) is 16.9 Å². The lowest BCUT2D eigenvalue weighted by atomic mass is 9.97. The third kappa shape index (κ3) is 9.21.